The molecule has 94 valence electrons. The molecule has 0 saturated heterocycles. The van der Waals surface area contributed by atoms with E-state index in [1.54, 1.807) is 0 Å². The van der Waals surface area contributed by atoms with E-state index in [0.717, 1.165) is 17.1 Å². The van der Waals surface area contributed by atoms with Crippen LogP contribution in [0.3, 0.4) is 0 Å². The molecule has 3 atom stereocenters. The van der Waals surface area contributed by atoms with Crippen LogP contribution in [0.2, 0.25) is 0 Å². The maximum absolute atomic E-state index is 6.31. The molecule has 2 rings (SSSR count). The van der Waals surface area contributed by atoms with Crippen LogP contribution in [0.5, 0.6) is 0 Å². The molecule has 2 fully saturated rings. The van der Waals surface area contributed by atoms with Crippen molar-refractivity contribution in [2.45, 2.75) is 69.6 Å². The van der Waals surface area contributed by atoms with E-state index < -0.39 is 0 Å². The lowest BCUT2D eigenvalue weighted by atomic mass is 9.91. The lowest BCUT2D eigenvalue weighted by molar-refractivity contribution is 0.393. The second-order valence-electron chi connectivity index (χ2n) is 5.94. The maximum Gasteiger partial charge on any atom is 0.0159 e. The summed E-state index contributed by atoms with van der Waals surface area (Å²) in [6.45, 7) is 2.41. The first kappa shape index (κ1) is 12.8. The van der Waals surface area contributed by atoms with Crippen molar-refractivity contribution in [1.29, 1.82) is 0 Å². The first-order valence-electron chi connectivity index (χ1n) is 7.13. The van der Waals surface area contributed by atoms with E-state index in [4.69, 9.17) is 5.73 Å². The zero-order valence-electron chi connectivity index (χ0n) is 10.7. The summed E-state index contributed by atoms with van der Waals surface area (Å²) in [6.07, 6.45) is 11.4. The minimum absolute atomic E-state index is 0.477. The van der Waals surface area contributed by atoms with E-state index in [9.17, 15) is 0 Å². The van der Waals surface area contributed by atoms with E-state index in [2.05, 4.69) is 18.7 Å². The minimum atomic E-state index is 0.477. The van der Waals surface area contributed by atoms with Gasteiger partial charge >= 0.3 is 0 Å². The Hall–Kier alpha value is 0.310. The van der Waals surface area contributed by atoms with Gasteiger partial charge in [0.15, 0.2) is 0 Å². The molecule has 3 unspecified atom stereocenters. The first-order chi connectivity index (χ1) is 7.75. The van der Waals surface area contributed by atoms with Crippen LogP contribution in [0.15, 0.2) is 0 Å². The summed E-state index contributed by atoms with van der Waals surface area (Å²) in [5.74, 6) is 3.00. The zero-order valence-corrected chi connectivity index (χ0v) is 11.5. The van der Waals surface area contributed by atoms with Gasteiger partial charge in [-0.05, 0) is 37.5 Å². The molecule has 0 aromatic carbocycles. The third-order valence-corrected chi connectivity index (χ3v) is 5.89. The molecular formula is C14H27NS. The lowest BCUT2D eigenvalue weighted by Crippen LogP contribution is -2.32. The largest absolute Gasteiger partial charge is 0.327 e. The van der Waals surface area contributed by atoms with Crippen molar-refractivity contribution >= 4 is 11.8 Å². The molecule has 2 saturated carbocycles. The topological polar surface area (TPSA) is 26.0 Å². The van der Waals surface area contributed by atoms with Crippen molar-refractivity contribution in [2.24, 2.45) is 17.6 Å². The third-order valence-electron chi connectivity index (χ3n) is 4.42. The van der Waals surface area contributed by atoms with Gasteiger partial charge in [0.2, 0.25) is 0 Å². The number of hydrogen-bond donors (Lipinski definition) is 1. The number of nitrogens with two attached hydrogens (primary N) is 1. The maximum atomic E-state index is 6.31. The molecule has 0 heterocycles. The van der Waals surface area contributed by atoms with Gasteiger partial charge in [-0.15, -0.1) is 0 Å². The average Bonchev–Trinajstić information content (AvgIpc) is 2.79. The normalized spacial score (nSPS) is 34.1. The van der Waals surface area contributed by atoms with Crippen molar-refractivity contribution in [1.82, 2.24) is 0 Å². The molecule has 2 aliphatic rings. The fourth-order valence-corrected chi connectivity index (χ4v) is 4.86. The van der Waals surface area contributed by atoms with Gasteiger partial charge < -0.3 is 5.73 Å². The Morgan fingerprint density at radius 1 is 1.12 bits per heavy atom. The minimum Gasteiger partial charge on any atom is -0.327 e. The van der Waals surface area contributed by atoms with Gasteiger partial charge in [0.05, 0.1) is 0 Å². The van der Waals surface area contributed by atoms with E-state index in [1.165, 1.54) is 57.1 Å². The highest BCUT2D eigenvalue weighted by molar-refractivity contribution is 7.99. The van der Waals surface area contributed by atoms with E-state index >= 15 is 0 Å². The standard InChI is InChI=1S/C14H27NS/c1-11-5-4-8-13(9-11)16-10-14(15)12-6-2-3-7-12/h11-14H,2-10,15H2,1H3. The Morgan fingerprint density at radius 2 is 1.88 bits per heavy atom. The van der Waals surface area contributed by atoms with Gasteiger partial charge in [-0.2, -0.15) is 11.8 Å². The lowest BCUT2D eigenvalue weighted by Gasteiger charge is -2.28. The quantitative estimate of drug-likeness (QED) is 0.810. The fraction of sp³-hybridized carbons (Fsp3) is 1.00. The molecule has 0 aliphatic heterocycles. The highest BCUT2D eigenvalue weighted by Gasteiger charge is 2.24. The molecule has 0 aromatic rings. The second kappa shape index (κ2) is 6.30. The van der Waals surface area contributed by atoms with Crippen LogP contribution in [0.1, 0.15) is 58.3 Å². The zero-order chi connectivity index (χ0) is 11.4. The summed E-state index contributed by atoms with van der Waals surface area (Å²) >= 11 is 2.17. The Morgan fingerprint density at radius 3 is 2.56 bits per heavy atom. The Labute approximate surface area is 105 Å². The van der Waals surface area contributed by atoms with E-state index in [1.807, 2.05) is 0 Å². The van der Waals surface area contributed by atoms with Crippen LogP contribution < -0.4 is 5.73 Å². The van der Waals surface area contributed by atoms with Gasteiger partial charge in [-0.3, -0.25) is 0 Å². The molecule has 0 spiro atoms. The summed E-state index contributed by atoms with van der Waals surface area (Å²) in [7, 11) is 0. The summed E-state index contributed by atoms with van der Waals surface area (Å²) in [6, 6.07) is 0.477. The van der Waals surface area contributed by atoms with Crippen molar-refractivity contribution in [3.05, 3.63) is 0 Å². The Kier molecular flexibility index (Phi) is 5.02. The van der Waals surface area contributed by atoms with Crippen molar-refractivity contribution in [3.63, 3.8) is 0 Å². The van der Waals surface area contributed by atoms with Crippen molar-refractivity contribution in [2.75, 3.05) is 5.75 Å². The molecule has 0 aromatic heterocycles. The summed E-state index contributed by atoms with van der Waals surface area (Å²) in [5, 5.41) is 0.913. The SMILES string of the molecule is CC1CCCC(SCC(N)C2CCCC2)C1. The van der Waals surface area contributed by atoms with Crippen LogP contribution in [-0.2, 0) is 0 Å². The van der Waals surface area contributed by atoms with Crippen molar-refractivity contribution < 1.29 is 0 Å². The smallest absolute Gasteiger partial charge is 0.0159 e. The molecule has 0 bridgehead atoms. The second-order valence-corrected chi connectivity index (χ2v) is 7.27. The van der Waals surface area contributed by atoms with Crippen LogP contribution in [0.25, 0.3) is 0 Å². The van der Waals surface area contributed by atoms with Gasteiger partial charge in [-0.25, -0.2) is 0 Å². The number of thioether (sulfide) groups is 1. The first-order valence-corrected chi connectivity index (χ1v) is 8.17. The monoisotopic (exact) mass is 241 g/mol. The molecule has 1 nitrogen and oxygen atoms in total. The third kappa shape index (κ3) is 3.66. The number of rotatable bonds is 4. The predicted molar refractivity (Wildman–Crippen MR) is 73.8 cm³/mol. The number of hydrogen-bond acceptors (Lipinski definition) is 2. The van der Waals surface area contributed by atoms with E-state index in [-0.39, 0.29) is 0 Å². The molecule has 0 radical (unpaired) electrons. The van der Waals surface area contributed by atoms with Gasteiger partial charge in [0, 0.05) is 17.0 Å². The molecule has 16 heavy (non-hydrogen) atoms. The summed E-state index contributed by atoms with van der Waals surface area (Å²) in [4.78, 5) is 0. The van der Waals surface area contributed by atoms with Gasteiger partial charge in [0.1, 0.15) is 0 Å². The molecule has 0 amide bonds. The van der Waals surface area contributed by atoms with Gasteiger partial charge in [0.25, 0.3) is 0 Å². The van der Waals surface area contributed by atoms with Crippen LogP contribution in [-0.4, -0.2) is 17.0 Å². The van der Waals surface area contributed by atoms with Crippen LogP contribution in [0, 0.1) is 11.8 Å². The van der Waals surface area contributed by atoms with Crippen LogP contribution >= 0.6 is 11.8 Å². The molecule has 2 aliphatic carbocycles. The fourth-order valence-electron chi connectivity index (χ4n) is 3.30. The van der Waals surface area contributed by atoms with Crippen molar-refractivity contribution in [3.8, 4) is 0 Å². The highest BCUT2D eigenvalue weighted by atomic mass is 32.2. The van der Waals surface area contributed by atoms with Gasteiger partial charge in [-0.1, -0.05) is 32.6 Å². The summed E-state index contributed by atoms with van der Waals surface area (Å²) in [5.41, 5.74) is 6.31. The molecular weight excluding hydrogens is 214 g/mol. The predicted octanol–water partition coefficient (Wildman–Crippen LogP) is 3.82. The summed E-state index contributed by atoms with van der Waals surface area (Å²) < 4.78 is 0. The molecule has 2 N–H and O–H groups in total. The molecule has 2 heteroatoms. The van der Waals surface area contributed by atoms with Crippen LogP contribution in [0.4, 0.5) is 0 Å². The Balaban J connectivity index is 1.65. The average molecular weight is 241 g/mol. The van der Waals surface area contributed by atoms with E-state index in [0.29, 0.717) is 6.04 Å². The Bertz CT molecular complexity index is 199. The highest BCUT2D eigenvalue weighted by Crippen LogP contribution is 2.34.